The lowest BCUT2D eigenvalue weighted by molar-refractivity contribution is 0.105. The number of anilines is 1. The van der Waals surface area contributed by atoms with E-state index in [1.165, 1.54) is 0 Å². The van der Waals surface area contributed by atoms with Crippen LogP contribution in [0.25, 0.3) is 11.0 Å². The second-order valence-corrected chi connectivity index (χ2v) is 6.26. The predicted octanol–water partition coefficient (Wildman–Crippen LogP) is 3.38. The molecule has 0 aliphatic rings. The number of nitrogens with zero attached hydrogens (tertiary/aromatic N) is 3. The van der Waals surface area contributed by atoms with E-state index in [1.54, 1.807) is 0 Å². The standard InChI is InChI=1S/C20H26N4O2/c1-4-25-13-17-23-18-19(14(2)15(3)22-20(18)21)24(17)10-11-26-12-16-8-6-5-7-9-16/h5-9H,4,10-13H2,1-3H3,(H2,21,22). The zero-order valence-electron chi connectivity index (χ0n) is 15.7. The fourth-order valence-corrected chi connectivity index (χ4v) is 3.01. The number of pyridine rings is 1. The van der Waals surface area contributed by atoms with Gasteiger partial charge in [0.15, 0.2) is 5.82 Å². The Morgan fingerprint density at radius 2 is 1.81 bits per heavy atom. The van der Waals surface area contributed by atoms with E-state index in [-0.39, 0.29) is 0 Å². The fraction of sp³-hybridized carbons (Fsp3) is 0.400. The maximum Gasteiger partial charge on any atom is 0.151 e. The lowest BCUT2D eigenvalue weighted by atomic mass is 10.2. The average molecular weight is 354 g/mol. The highest BCUT2D eigenvalue weighted by atomic mass is 16.5. The summed E-state index contributed by atoms with van der Waals surface area (Å²) in [5.74, 6) is 1.32. The molecule has 3 aromatic rings. The molecule has 0 atom stereocenters. The number of fused-ring (bicyclic) bond motifs is 1. The van der Waals surface area contributed by atoms with Crippen LogP contribution >= 0.6 is 0 Å². The van der Waals surface area contributed by atoms with Crippen molar-refractivity contribution in [3.05, 3.63) is 53.0 Å². The van der Waals surface area contributed by atoms with Crippen LogP contribution in [-0.2, 0) is 29.2 Å². The van der Waals surface area contributed by atoms with Crippen LogP contribution < -0.4 is 5.73 Å². The van der Waals surface area contributed by atoms with Crippen molar-refractivity contribution in [1.29, 1.82) is 0 Å². The quantitative estimate of drug-likeness (QED) is 0.628. The van der Waals surface area contributed by atoms with Crippen LogP contribution in [0.3, 0.4) is 0 Å². The van der Waals surface area contributed by atoms with E-state index in [4.69, 9.17) is 15.2 Å². The van der Waals surface area contributed by atoms with Gasteiger partial charge in [0.2, 0.25) is 0 Å². The molecule has 2 aromatic heterocycles. The van der Waals surface area contributed by atoms with Gasteiger partial charge in [-0.1, -0.05) is 30.3 Å². The summed E-state index contributed by atoms with van der Waals surface area (Å²) in [5, 5.41) is 0. The van der Waals surface area contributed by atoms with Crippen molar-refractivity contribution in [3.63, 3.8) is 0 Å². The third-order valence-corrected chi connectivity index (χ3v) is 4.48. The number of aromatic nitrogens is 3. The summed E-state index contributed by atoms with van der Waals surface area (Å²) >= 11 is 0. The van der Waals surface area contributed by atoms with Crippen molar-refractivity contribution in [3.8, 4) is 0 Å². The van der Waals surface area contributed by atoms with E-state index in [2.05, 4.69) is 33.6 Å². The van der Waals surface area contributed by atoms with Gasteiger partial charge in [0.05, 0.1) is 18.7 Å². The summed E-state index contributed by atoms with van der Waals surface area (Å²) in [4.78, 5) is 9.09. The van der Waals surface area contributed by atoms with Gasteiger partial charge < -0.3 is 19.8 Å². The molecule has 138 valence electrons. The first-order chi connectivity index (χ1) is 12.6. The summed E-state index contributed by atoms with van der Waals surface area (Å²) in [7, 11) is 0. The van der Waals surface area contributed by atoms with Crippen LogP contribution in [0, 0.1) is 13.8 Å². The number of hydrogen-bond acceptors (Lipinski definition) is 5. The molecule has 0 saturated carbocycles. The number of ether oxygens (including phenoxy) is 2. The van der Waals surface area contributed by atoms with Crippen molar-refractivity contribution in [2.45, 2.75) is 40.5 Å². The van der Waals surface area contributed by atoms with E-state index in [1.807, 2.05) is 32.0 Å². The first-order valence-electron chi connectivity index (χ1n) is 8.93. The van der Waals surface area contributed by atoms with E-state index >= 15 is 0 Å². The van der Waals surface area contributed by atoms with E-state index in [0.717, 1.165) is 33.7 Å². The number of aryl methyl sites for hydroxylation is 2. The minimum absolute atomic E-state index is 0.446. The first kappa shape index (κ1) is 18.4. The predicted molar refractivity (Wildman–Crippen MR) is 103 cm³/mol. The first-order valence-corrected chi connectivity index (χ1v) is 8.93. The summed E-state index contributed by atoms with van der Waals surface area (Å²) in [6.45, 7) is 8.95. The molecule has 0 spiro atoms. The SMILES string of the molecule is CCOCc1nc2c(N)nc(C)c(C)c2n1CCOCc1ccccc1. The summed E-state index contributed by atoms with van der Waals surface area (Å²) in [6, 6.07) is 10.2. The number of imidazole rings is 1. The molecule has 3 rings (SSSR count). The number of hydrogen-bond donors (Lipinski definition) is 1. The van der Waals surface area contributed by atoms with E-state index in [9.17, 15) is 0 Å². The molecule has 0 aliphatic heterocycles. The van der Waals surface area contributed by atoms with Gasteiger partial charge in [-0.25, -0.2) is 9.97 Å². The van der Waals surface area contributed by atoms with Crippen molar-refractivity contribution in [1.82, 2.24) is 14.5 Å². The van der Waals surface area contributed by atoms with Crippen LogP contribution in [-0.4, -0.2) is 27.7 Å². The second-order valence-electron chi connectivity index (χ2n) is 6.26. The highest BCUT2D eigenvalue weighted by Crippen LogP contribution is 2.26. The molecule has 2 N–H and O–H groups in total. The Morgan fingerprint density at radius 1 is 1.04 bits per heavy atom. The number of nitrogen functional groups attached to an aromatic ring is 1. The maximum atomic E-state index is 6.11. The average Bonchev–Trinajstić information content (AvgIpc) is 3.01. The summed E-state index contributed by atoms with van der Waals surface area (Å²) < 4.78 is 13.6. The van der Waals surface area contributed by atoms with Crippen molar-refractivity contribution >= 4 is 16.9 Å². The zero-order chi connectivity index (χ0) is 18.5. The zero-order valence-corrected chi connectivity index (χ0v) is 15.7. The molecule has 0 radical (unpaired) electrons. The molecule has 6 heteroatoms. The lowest BCUT2D eigenvalue weighted by Gasteiger charge is -2.12. The third-order valence-electron chi connectivity index (χ3n) is 4.48. The van der Waals surface area contributed by atoms with Crippen LogP contribution in [0.1, 0.15) is 29.6 Å². The molecule has 2 heterocycles. The Balaban J connectivity index is 1.82. The largest absolute Gasteiger partial charge is 0.382 e. The second kappa shape index (κ2) is 8.29. The van der Waals surface area contributed by atoms with Crippen LogP contribution in [0.4, 0.5) is 5.82 Å². The van der Waals surface area contributed by atoms with E-state index < -0.39 is 0 Å². The Bertz CT molecular complexity index is 875. The molecule has 1 aromatic carbocycles. The van der Waals surface area contributed by atoms with Crippen LogP contribution in [0.2, 0.25) is 0 Å². The fourth-order valence-electron chi connectivity index (χ4n) is 3.01. The summed E-state index contributed by atoms with van der Waals surface area (Å²) in [6.07, 6.45) is 0. The van der Waals surface area contributed by atoms with Gasteiger partial charge in [0.1, 0.15) is 17.9 Å². The molecule has 6 nitrogen and oxygen atoms in total. The van der Waals surface area contributed by atoms with E-state index in [0.29, 0.717) is 38.8 Å². The van der Waals surface area contributed by atoms with Gasteiger partial charge in [-0.15, -0.1) is 0 Å². The van der Waals surface area contributed by atoms with Gasteiger partial charge in [-0.05, 0) is 31.9 Å². The normalized spacial score (nSPS) is 11.3. The Morgan fingerprint density at radius 3 is 2.54 bits per heavy atom. The molecule has 26 heavy (non-hydrogen) atoms. The Labute approximate surface area is 154 Å². The third kappa shape index (κ3) is 3.86. The highest BCUT2D eigenvalue weighted by Gasteiger charge is 2.17. The molecule has 0 bridgehead atoms. The molecular formula is C20H26N4O2. The highest BCUT2D eigenvalue weighted by molar-refractivity contribution is 5.88. The van der Waals surface area contributed by atoms with Gasteiger partial charge >= 0.3 is 0 Å². The van der Waals surface area contributed by atoms with Gasteiger partial charge in [-0.2, -0.15) is 0 Å². The monoisotopic (exact) mass is 354 g/mol. The van der Waals surface area contributed by atoms with Gasteiger partial charge in [0.25, 0.3) is 0 Å². The minimum atomic E-state index is 0.446. The smallest absolute Gasteiger partial charge is 0.151 e. The van der Waals surface area contributed by atoms with Gasteiger partial charge in [0, 0.05) is 18.8 Å². The lowest BCUT2D eigenvalue weighted by Crippen LogP contribution is -2.11. The number of rotatable bonds is 8. The minimum Gasteiger partial charge on any atom is -0.382 e. The van der Waals surface area contributed by atoms with Crippen molar-refractivity contribution in [2.75, 3.05) is 18.9 Å². The molecule has 0 saturated heterocycles. The van der Waals surface area contributed by atoms with Crippen LogP contribution in [0.5, 0.6) is 0 Å². The Kier molecular flexibility index (Phi) is 5.85. The van der Waals surface area contributed by atoms with Crippen molar-refractivity contribution in [2.24, 2.45) is 0 Å². The summed E-state index contributed by atoms with van der Waals surface area (Å²) in [5.41, 5.74) is 11.0. The van der Waals surface area contributed by atoms with Gasteiger partial charge in [-0.3, -0.25) is 0 Å². The molecular weight excluding hydrogens is 328 g/mol. The molecule has 0 fully saturated rings. The maximum absolute atomic E-state index is 6.11. The topological polar surface area (TPSA) is 75.2 Å². The van der Waals surface area contributed by atoms with Crippen LogP contribution in [0.15, 0.2) is 30.3 Å². The number of nitrogens with two attached hydrogens (primary N) is 1. The Hall–Kier alpha value is -2.44. The van der Waals surface area contributed by atoms with Crippen molar-refractivity contribution < 1.29 is 9.47 Å². The number of benzene rings is 1. The molecule has 0 aliphatic carbocycles. The molecule has 0 amide bonds. The molecule has 0 unspecified atom stereocenters.